The van der Waals surface area contributed by atoms with E-state index in [-0.39, 0.29) is 5.97 Å². The minimum atomic E-state index is -0.288. The number of ether oxygens (including phenoxy) is 1. The van der Waals surface area contributed by atoms with Crippen LogP contribution >= 0.6 is 0 Å². The summed E-state index contributed by atoms with van der Waals surface area (Å²) in [5.41, 5.74) is 3.57. The number of rotatable bonds is 7. The highest BCUT2D eigenvalue weighted by atomic mass is 16.5. The molecule has 0 bridgehead atoms. The zero-order chi connectivity index (χ0) is 19.1. The molecule has 2 aromatic rings. The van der Waals surface area contributed by atoms with E-state index in [4.69, 9.17) is 4.74 Å². The number of unbranched alkanes of at least 4 members (excludes halogenated alkanes) is 1. The molecule has 144 valence electrons. The van der Waals surface area contributed by atoms with Crippen LogP contribution in [0.25, 0.3) is 0 Å². The second-order valence-electron chi connectivity index (χ2n) is 7.91. The van der Waals surface area contributed by atoms with E-state index in [0.717, 1.165) is 6.42 Å². The molecule has 0 aliphatic heterocycles. The zero-order valence-corrected chi connectivity index (χ0v) is 16.8. The largest absolute Gasteiger partial charge is 0.423 e. The van der Waals surface area contributed by atoms with Crippen LogP contribution in [0.4, 0.5) is 0 Å². The monoisotopic (exact) mass is 364 g/mol. The molecule has 1 fully saturated rings. The number of carbonyl (C=O) groups excluding carboxylic acids is 1. The number of esters is 1. The Morgan fingerprint density at radius 1 is 0.926 bits per heavy atom. The number of aryl methyl sites for hydroxylation is 1. The lowest BCUT2D eigenvalue weighted by Crippen LogP contribution is -2.29. The van der Waals surface area contributed by atoms with Crippen molar-refractivity contribution in [1.82, 2.24) is 0 Å². The van der Waals surface area contributed by atoms with E-state index in [9.17, 15) is 4.79 Å². The van der Waals surface area contributed by atoms with Crippen molar-refractivity contribution in [1.29, 1.82) is 0 Å². The molecule has 0 amide bonds. The predicted molar refractivity (Wildman–Crippen MR) is 112 cm³/mol. The molecule has 0 spiro atoms. The Labute approximate surface area is 164 Å². The van der Waals surface area contributed by atoms with Gasteiger partial charge in [-0.1, -0.05) is 70.2 Å². The second kappa shape index (κ2) is 9.21. The predicted octanol–water partition coefficient (Wildman–Crippen LogP) is 6.86. The van der Waals surface area contributed by atoms with Crippen LogP contribution in [0.2, 0.25) is 0 Å². The van der Waals surface area contributed by atoms with Gasteiger partial charge < -0.3 is 4.74 Å². The third-order valence-electron chi connectivity index (χ3n) is 6.09. The maximum atomic E-state index is 12.4. The van der Waals surface area contributed by atoms with E-state index in [0.29, 0.717) is 16.7 Å². The van der Waals surface area contributed by atoms with Crippen LogP contribution in [0, 0.1) is 0 Å². The normalized spacial score (nSPS) is 16.1. The van der Waals surface area contributed by atoms with E-state index in [1.54, 1.807) is 0 Å². The molecule has 2 aromatic carbocycles. The van der Waals surface area contributed by atoms with Gasteiger partial charge in [-0.15, -0.1) is 0 Å². The highest BCUT2D eigenvalue weighted by molar-refractivity contribution is 5.91. The molecule has 0 N–H and O–H groups in total. The van der Waals surface area contributed by atoms with E-state index in [1.807, 2.05) is 36.4 Å². The molecule has 0 unspecified atom stereocenters. The van der Waals surface area contributed by atoms with Gasteiger partial charge in [-0.05, 0) is 66.5 Å². The van der Waals surface area contributed by atoms with Gasteiger partial charge in [0.1, 0.15) is 5.75 Å². The first-order valence-electron chi connectivity index (χ1n) is 10.6. The lowest BCUT2D eigenvalue weighted by Gasteiger charge is -2.38. The molecular weight excluding hydrogens is 332 g/mol. The van der Waals surface area contributed by atoms with Gasteiger partial charge >= 0.3 is 5.97 Å². The van der Waals surface area contributed by atoms with Gasteiger partial charge in [0.25, 0.3) is 0 Å². The summed E-state index contributed by atoms with van der Waals surface area (Å²) in [6.07, 6.45) is 11.4. The Hall–Kier alpha value is -2.09. The SMILES string of the molecule is CCCCC1(c2ccc(OC(=O)c3ccc(CC)cc3)cc2)CCCCC1. The van der Waals surface area contributed by atoms with Crippen molar-refractivity contribution in [2.24, 2.45) is 0 Å². The van der Waals surface area contributed by atoms with Gasteiger partial charge in [0, 0.05) is 0 Å². The molecule has 2 nitrogen and oxygen atoms in total. The van der Waals surface area contributed by atoms with Crippen LogP contribution in [0.5, 0.6) is 5.75 Å². The first kappa shape index (κ1) is 19.7. The number of hydrogen-bond acceptors (Lipinski definition) is 2. The quantitative estimate of drug-likeness (QED) is 0.396. The molecule has 1 saturated carbocycles. The van der Waals surface area contributed by atoms with Crippen molar-refractivity contribution in [2.45, 2.75) is 77.0 Å². The summed E-state index contributed by atoms with van der Waals surface area (Å²) in [5.74, 6) is 0.341. The highest BCUT2D eigenvalue weighted by Gasteiger charge is 2.33. The molecule has 1 aliphatic carbocycles. The molecule has 0 atom stereocenters. The molecule has 0 radical (unpaired) electrons. The Morgan fingerprint density at radius 2 is 1.59 bits per heavy atom. The van der Waals surface area contributed by atoms with Crippen LogP contribution in [-0.2, 0) is 11.8 Å². The average Bonchev–Trinajstić information content (AvgIpc) is 2.73. The fraction of sp³-hybridized carbons (Fsp3) is 0.480. The molecule has 1 aliphatic rings. The van der Waals surface area contributed by atoms with Crippen molar-refractivity contribution in [3.63, 3.8) is 0 Å². The van der Waals surface area contributed by atoms with Crippen LogP contribution in [0.15, 0.2) is 48.5 Å². The number of carbonyl (C=O) groups is 1. The summed E-state index contributed by atoms with van der Waals surface area (Å²) >= 11 is 0. The zero-order valence-electron chi connectivity index (χ0n) is 16.8. The van der Waals surface area contributed by atoms with E-state index in [1.165, 1.54) is 62.5 Å². The summed E-state index contributed by atoms with van der Waals surface area (Å²) in [5, 5.41) is 0. The molecule has 3 rings (SSSR count). The van der Waals surface area contributed by atoms with Crippen molar-refractivity contribution < 1.29 is 9.53 Å². The standard InChI is InChI=1S/C25H32O2/c1-3-5-17-25(18-7-6-8-19-25)22-13-15-23(16-14-22)27-24(26)21-11-9-20(4-2)10-12-21/h9-16H,3-8,17-19H2,1-2H3. The maximum Gasteiger partial charge on any atom is 0.343 e. The van der Waals surface area contributed by atoms with E-state index < -0.39 is 0 Å². The van der Waals surface area contributed by atoms with Gasteiger partial charge in [0.15, 0.2) is 0 Å². The minimum Gasteiger partial charge on any atom is -0.423 e. The Morgan fingerprint density at radius 3 is 2.19 bits per heavy atom. The van der Waals surface area contributed by atoms with E-state index in [2.05, 4.69) is 26.0 Å². The summed E-state index contributed by atoms with van der Waals surface area (Å²) in [4.78, 5) is 12.4. The smallest absolute Gasteiger partial charge is 0.343 e. The van der Waals surface area contributed by atoms with Gasteiger partial charge in [-0.3, -0.25) is 0 Å². The maximum absolute atomic E-state index is 12.4. The van der Waals surface area contributed by atoms with Crippen LogP contribution < -0.4 is 4.74 Å². The Bertz CT molecular complexity index is 722. The summed E-state index contributed by atoms with van der Waals surface area (Å²) in [6.45, 7) is 4.38. The van der Waals surface area contributed by atoms with Gasteiger partial charge in [-0.25, -0.2) is 4.79 Å². The fourth-order valence-electron chi connectivity index (χ4n) is 4.35. The lowest BCUT2D eigenvalue weighted by molar-refractivity contribution is 0.0734. The third kappa shape index (κ3) is 4.80. The number of hydrogen-bond donors (Lipinski definition) is 0. The van der Waals surface area contributed by atoms with Crippen LogP contribution in [0.3, 0.4) is 0 Å². The molecule has 2 heteroatoms. The summed E-state index contributed by atoms with van der Waals surface area (Å²) in [6, 6.07) is 16.0. The first-order chi connectivity index (χ1) is 13.2. The lowest BCUT2D eigenvalue weighted by atomic mass is 9.67. The fourth-order valence-corrected chi connectivity index (χ4v) is 4.35. The average molecular weight is 365 g/mol. The van der Waals surface area contributed by atoms with Crippen LogP contribution in [0.1, 0.15) is 86.7 Å². The van der Waals surface area contributed by atoms with Crippen LogP contribution in [-0.4, -0.2) is 5.97 Å². The van der Waals surface area contributed by atoms with Crippen molar-refractivity contribution in [3.8, 4) is 5.75 Å². The van der Waals surface area contributed by atoms with E-state index >= 15 is 0 Å². The van der Waals surface area contributed by atoms with Gasteiger partial charge in [0.2, 0.25) is 0 Å². The summed E-state index contributed by atoms with van der Waals surface area (Å²) in [7, 11) is 0. The molecular formula is C25H32O2. The highest BCUT2D eigenvalue weighted by Crippen LogP contribution is 2.43. The third-order valence-corrected chi connectivity index (χ3v) is 6.09. The second-order valence-corrected chi connectivity index (χ2v) is 7.91. The Kier molecular flexibility index (Phi) is 6.71. The molecule has 0 heterocycles. The topological polar surface area (TPSA) is 26.3 Å². The van der Waals surface area contributed by atoms with Crippen molar-refractivity contribution >= 4 is 5.97 Å². The molecule has 0 saturated heterocycles. The van der Waals surface area contributed by atoms with Gasteiger partial charge in [0.05, 0.1) is 5.56 Å². The van der Waals surface area contributed by atoms with Crippen molar-refractivity contribution in [2.75, 3.05) is 0 Å². The summed E-state index contributed by atoms with van der Waals surface area (Å²) < 4.78 is 5.59. The minimum absolute atomic E-state index is 0.288. The molecule has 27 heavy (non-hydrogen) atoms. The molecule has 0 aromatic heterocycles. The number of benzene rings is 2. The first-order valence-corrected chi connectivity index (χ1v) is 10.6. The Balaban J connectivity index is 1.70. The van der Waals surface area contributed by atoms with Gasteiger partial charge in [-0.2, -0.15) is 0 Å². The van der Waals surface area contributed by atoms with Crippen molar-refractivity contribution in [3.05, 3.63) is 65.2 Å².